The fourth-order valence-corrected chi connectivity index (χ4v) is 3.13. The second kappa shape index (κ2) is 8.79. The Kier molecular flexibility index (Phi) is 6.20. The molecule has 9 heteroatoms. The summed E-state index contributed by atoms with van der Waals surface area (Å²) in [5.74, 6) is 1.66. The molecule has 2 aromatic carbocycles. The molecule has 3 aromatic rings. The summed E-state index contributed by atoms with van der Waals surface area (Å²) < 4.78 is 12.8. The van der Waals surface area contributed by atoms with Gasteiger partial charge in [-0.25, -0.2) is 0 Å². The number of hydrogen-bond acceptors (Lipinski definition) is 6. The van der Waals surface area contributed by atoms with Crippen LogP contribution in [0.5, 0.6) is 11.5 Å². The van der Waals surface area contributed by atoms with Crippen molar-refractivity contribution in [2.75, 3.05) is 12.9 Å². The molecular formula is C18H17ClN4O3S. The first kappa shape index (κ1) is 19.1. The number of carbonyl (C=O) groups excluding carboxylic acids is 1. The first-order valence-electron chi connectivity index (χ1n) is 7.95. The molecule has 0 fully saturated rings. The van der Waals surface area contributed by atoms with E-state index in [4.69, 9.17) is 26.8 Å². The van der Waals surface area contributed by atoms with Gasteiger partial charge in [0, 0.05) is 10.7 Å². The number of ether oxygens (including phenoxy) is 2. The van der Waals surface area contributed by atoms with Crippen LogP contribution < -0.4 is 15.2 Å². The van der Waals surface area contributed by atoms with Gasteiger partial charge in [0.2, 0.25) is 5.91 Å². The van der Waals surface area contributed by atoms with Gasteiger partial charge in [0.15, 0.2) is 11.0 Å². The first-order chi connectivity index (χ1) is 13.1. The summed E-state index contributed by atoms with van der Waals surface area (Å²) in [5.41, 5.74) is 6.07. The van der Waals surface area contributed by atoms with Gasteiger partial charge < -0.3 is 15.2 Å². The standard InChI is InChI=1S/C18H17ClN4O3S/c1-25-14-8-4-13(5-9-14)23-17(21-22-18(23)27-11-16(20)24)10-26-15-6-2-12(19)3-7-15/h2-9H,10-11H2,1H3,(H2,20,24). The van der Waals surface area contributed by atoms with Crippen LogP contribution in [0, 0.1) is 0 Å². The molecule has 140 valence electrons. The van der Waals surface area contributed by atoms with E-state index in [-0.39, 0.29) is 12.4 Å². The molecule has 0 unspecified atom stereocenters. The summed E-state index contributed by atoms with van der Waals surface area (Å²) >= 11 is 7.10. The van der Waals surface area contributed by atoms with Gasteiger partial charge in [0.1, 0.15) is 18.1 Å². The molecule has 1 heterocycles. The number of aromatic nitrogens is 3. The van der Waals surface area contributed by atoms with E-state index in [1.54, 1.807) is 31.4 Å². The van der Waals surface area contributed by atoms with Crippen molar-refractivity contribution in [1.29, 1.82) is 0 Å². The number of hydrogen-bond donors (Lipinski definition) is 1. The second-order valence-corrected chi connectivity index (χ2v) is 6.81. The highest BCUT2D eigenvalue weighted by molar-refractivity contribution is 7.99. The topological polar surface area (TPSA) is 92.3 Å². The fraction of sp³-hybridized carbons (Fsp3) is 0.167. The summed E-state index contributed by atoms with van der Waals surface area (Å²) in [4.78, 5) is 11.1. The van der Waals surface area contributed by atoms with Crippen LogP contribution in [0.15, 0.2) is 53.7 Å². The molecule has 2 N–H and O–H groups in total. The molecule has 0 aliphatic rings. The molecular weight excluding hydrogens is 388 g/mol. The third kappa shape index (κ3) is 4.93. The van der Waals surface area contributed by atoms with Crippen LogP contribution in [0.4, 0.5) is 0 Å². The van der Waals surface area contributed by atoms with Crippen molar-refractivity contribution in [2.45, 2.75) is 11.8 Å². The molecule has 7 nitrogen and oxygen atoms in total. The number of nitrogens with zero attached hydrogens (tertiary/aromatic N) is 3. The highest BCUT2D eigenvalue weighted by Gasteiger charge is 2.16. The lowest BCUT2D eigenvalue weighted by Crippen LogP contribution is -2.14. The number of carbonyl (C=O) groups is 1. The van der Waals surface area contributed by atoms with Gasteiger partial charge in [-0.2, -0.15) is 0 Å². The molecule has 0 spiro atoms. The summed E-state index contributed by atoms with van der Waals surface area (Å²) in [7, 11) is 1.60. The van der Waals surface area contributed by atoms with E-state index in [0.29, 0.717) is 21.8 Å². The van der Waals surface area contributed by atoms with E-state index in [9.17, 15) is 4.79 Å². The Bertz CT molecular complexity index is 913. The van der Waals surface area contributed by atoms with Gasteiger partial charge in [-0.1, -0.05) is 23.4 Å². The van der Waals surface area contributed by atoms with Gasteiger partial charge in [-0.15, -0.1) is 10.2 Å². The van der Waals surface area contributed by atoms with Crippen molar-refractivity contribution in [3.63, 3.8) is 0 Å². The highest BCUT2D eigenvalue weighted by atomic mass is 35.5. The minimum atomic E-state index is -0.428. The van der Waals surface area contributed by atoms with Crippen LogP contribution in [0.3, 0.4) is 0 Å². The fourth-order valence-electron chi connectivity index (χ4n) is 2.29. The maximum atomic E-state index is 11.1. The molecule has 0 saturated carbocycles. The number of methoxy groups -OCH3 is 1. The van der Waals surface area contributed by atoms with Gasteiger partial charge in [-0.05, 0) is 48.5 Å². The Balaban J connectivity index is 1.87. The predicted octanol–water partition coefficient (Wildman–Crippen LogP) is 3.09. The normalized spacial score (nSPS) is 10.6. The highest BCUT2D eigenvalue weighted by Crippen LogP contribution is 2.25. The number of halogens is 1. The molecule has 0 radical (unpaired) electrons. The molecule has 0 atom stereocenters. The zero-order chi connectivity index (χ0) is 19.2. The first-order valence-corrected chi connectivity index (χ1v) is 9.31. The van der Waals surface area contributed by atoms with Gasteiger partial charge >= 0.3 is 0 Å². The summed E-state index contributed by atoms with van der Waals surface area (Å²) in [6.45, 7) is 0.192. The number of rotatable bonds is 8. The summed E-state index contributed by atoms with van der Waals surface area (Å²) in [5, 5.41) is 9.56. The van der Waals surface area contributed by atoms with Gasteiger partial charge in [0.25, 0.3) is 0 Å². The molecule has 27 heavy (non-hydrogen) atoms. The van der Waals surface area contributed by atoms with Crippen molar-refractivity contribution < 1.29 is 14.3 Å². The number of amides is 1. The van der Waals surface area contributed by atoms with Crippen LogP contribution in [-0.2, 0) is 11.4 Å². The largest absolute Gasteiger partial charge is 0.497 e. The van der Waals surface area contributed by atoms with Crippen molar-refractivity contribution in [1.82, 2.24) is 14.8 Å². The molecule has 0 saturated heterocycles. The maximum absolute atomic E-state index is 11.1. The van der Waals surface area contributed by atoms with Crippen LogP contribution >= 0.6 is 23.4 Å². The third-order valence-electron chi connectivity index (χ3n) is 3.56. The van der Waals surface area contributed by atoms with E-state index in [1.165, 1.54) is 11.8 Å². The zero-order valence-electron chi connectivity index (χ0n) is 14.5. The molecule has 0 aliphatic carbocycles. The van der Waals surface area contributed by atoms with E-state index in [2.05, 4.69) is 10.2 Å². The van der Waals surface area contributed by atoms with E-state index >= 15 is 0 Å². The Morgan fingerprint density at radius 2 is 1.78 bits per heavy atom. The van der Waals surface area contributed by atoms with Crippen molar-refractivity contribution >= 4 is 29.3 Å². The van der Waals surface area contributed by atoms with E-state index in [0.717, 1.165) is 11.4 Å². The molecule has 0 bridgehead atoms. The average molecular weight is 405 g/mol. The lowest BCUT2D eigenvalue weighted by Gasteiger charge is -2.11. The van der Waals surface area contributed by atoms with Crippen LogP contribution in [-0.4, -0.2) is 33.5 Å². The quantitative estimate of drug-likeness (QED) is 0.580. The Hall–Kier alpha value is -2.71. The molecule has 1 amide bonds. The van der Waals surface area contributed by atoms with Crippen LogP contribution in [0.25, 0.3) is 5.69 Å². The number of benzene rings is 2. The second-order valence-electron chi connectivity index (χ2n) is 5.43. The Morgan fingerprint density at radius 3 is 2.41 bits per heavy atom. The number of thioether (sulfide) groups is 1. The minimum Gasteiger partial charge on any atom is -0.497 e. The zero-order valence-corrected chi connectivity index (χ0v) is 16.0. The Labute approximate surface area is 165 Å². The summed E-state index contributed by atoms with van der Waals surface area (Å²) in [6.07, 6.45) is 0. The third-order valence-corrected chi connectivity index (χ3v) is 4.76. The SMILES string of the molecule is COc1ccc(-n2c(COc3ccc(Cl)cc3)nnc2SCC(N)=O)cc1. The van der Waals surface area contributed by atoms with Crippen molar-refractivity contribution in [3.05, 3.63) is 59.4 Å². The predicted molar refractivity (Wildman–Crippen MR) is 104 cm³/mol. The Morgan fingerprint density at radius 1 is 1.11 bits per heavy atom. The number of primary amides is 1. The van der Waals surface area contributed by atoms with E-state index < -0.39 is 5.91 Å². The molecule has 1 aromatic heterocycles. The van der Waals surface area contributed by atoms with Gasteiger partial charge in [0.05, 0.1) is 12.9 Å². The van der Waals surface area contributed by atoms with E-state index in [1.807, 2.05) is 28.8 Å². The summed E-state index contributed by atoms with van der Waals surface area (Å²) in [6, 6.07) is 14.5. The molecule has 3 rings (SSSR count). The van der Waals surface area contributed by atoms with Crippen molar-refractivity contribution in [2.24, 2.45) is 5.73 Å². The van der Waals surface area contributed by atoms with Crippen molar-refractivity contribution in [3.8, 4) is 17.2 Å². The average Bonchev–Trinajstić information content (AvgIpc) is 3.09. The lowest BCUT2D eigenvalue weighted by molar-refractivity contribution is -0.115. The minimum absolute atomic E-state index is 0.104. The van der Waals surface area contributed by atoms with Gasteiger partial charge in [-0.3, -0.25) is 9.36 Å². The lowest BCUT2D eigenvalue weighted by atomic mass is 10.3. The van der Waals surface area contributed by atoms with Crippen LogP contribution in [0.2, 0.25) is 5.02 Å². The molecule has 0 aliphatic heterocycles. The monoisotopic (exact) mass is 404 g/mol. The van der Waals surface area contributed by atoms with Crippen LogP contribution in [0.1, 0.15) is 5.82 Å². The maximum Gasteiger partial charge on any atom is 0.227 e. The smallest absolute Gasteiger partial charge is 0.227 e. The number of nitrogens with two attached hydrogens (primary N) is 1.